The summed E-state index contributed by atoms with van der Waals surface area (Å²) in [5, 5.41) is 13.4. The Labute approximate surface area is 117 Å². The molecule has 106 valence electrons. The Hall–Kier alpha value is -1.07. The van der Waals surface area contributed by atoms with Crippen LogP contribution in [0.15, 0.2) is 18.2 Å². The molecule has 2 rings (SSSR count). The van der Waals surface area contributed by atoms with E-state index in [0.717, 1.165) is 42.4 Å². The number of phenolic OH excluding ortho intramolecular Hbond substituents is 1. The normalized spacial score (nSPS) is 18.5. The van der Waals surface area contributed by atoms with E-state index in [1.807, 2.05) is 25.1 Å². The second-order valence-corrected chi connectivity index (χ2v) is 6.55. The quantitative estimate of drug-likeness (QED) is 0.881. The molecule has 1 heterocycles. The summed E-state index contributed by atoms with van der Waals surface area (Å²) in [5.41, 5.74) is 1.94. The van der Waals surface area contributed by atoms with Gasteiger partial charge in [0, 0.05) is 58.8 Å². The van der Waals surface area contributed by atoms with E-state index in [9.17, 15) is 9.32 Å². The molecule has 1 fully saturated rings. The molecule has 2 N–H and O–H groups in total. The average molecular weight is 282 g/mol. The number of hydrogen-bond acceptors (Lipinski definition) is 4. The highest BCUT2D eigenvalue weighted by Crippen LogP contribution is 2.29. The van der Waals surface area contributed by atoms with E-state index in [0.29, 0.717) is 5.75 Å². The maximum atomic E-state index is 11.3. The Kier molecular flexibility index (Phi) is 4.82. The number of aromatic hydroxyl groups is 1. The van der Waals surface area contributed by atoms with Crippen LogP contribution >= 0.6 is 0 Å². The summed E-state index contributed by atoms with van der Waals surface area (Å²) in [6.07, 6.45) is 0. The van der Waals surface area contributed by atoms with Crippen LogP contribution in [0.1, 0.15) is 25.5 Å². The Morgan fingerprint density at radius 1 is 1.42 bits per heavy atom. The predicted molar refractivity (Wildman–Crippen MR) is 80.3 cm³/mol. The number of benzene rings is 1. The molecule has 1 aromatic rings. The molecule has 0 saturated carbocycles. The number of phenols is 1. The first-order valence-electron chi connectivity index (χ1n) is 6.78. The number of nitrogens with one attached hydrogen (secondary N) is 1. The Balaban J connectivity index is 2.12. The molecule has 0 aromatic heterocycles. The van der Waals surface area contributed by atoms with Gasteiger partial charge in [0.05, 0.1) is 0 Å². The lowest BCUT2D eigenvalue weighted by atomic mass is 10.1. The SMILES string of the molecule is CCNC(C)c1ccc(N2CCS(=O)CC2)cc1O. The van der Waals surface area contributed by atoms with Gasteiger partial charge in [0.15, 0.2) is 0 Å². The average Bonchev–Trinajstić information content (AvgIpc) is 2.39. The zero-order valence-corrected chi connectivity index (χ0v) is 12.4. The van der Waals surface area contributed by atoms with Crippen LogP contribution in [0.25, 0.3) is 0 Å². The second-order valence-electron chi connectivity index (χ2n) is 4.86. The van der Waals surface area contributed by atoms with Gasteiger partial charge in [-0.05, 0) is 19.5 Å². The molecule has 1 aliphatic heterocycles. The van der Waals surface area contributed by atoms with E-state index >= 15 is 0 Å². The first kappa shape index (κ1) is 14.3. The summed E-state index contributed by atoms with van der Waals surface area (Å²) >= 11 is 0. The van der Waals surface area contributed by atoms with Crippen LogP contribution in [0, 0.1) is 0 Å². The number of anilines is 1. The molecule has 4 nitrogen and oxygen atoms in total. The first-order chi connectivity index (χ1) is 9.11. The molecule has 5 heteroatoms. The van der Waals surface area contributed by atoms with Gasteiger partial charge in [0.1, 0.15) is 5.75 Å². The maximum Gasteiger partial charge on any atom is 0.122 e. The van der Waals surface area contributed by atoms with Crippen molar-refractivity contribution in [3.8, 4) is 5.75 Å². The van der Waals surface area contributed by atoms with E-state index in [-0.39, 0.29) is 6.04 Å². The minimum atomic E-state index is -0.669. The van der Waals surface area contributed by atoms with Crippen molar-refractivity contribution in [2.45, 2.75) is 19.9 Å². The van der Waals surface area contributed by atoms with E-state index in [1.54, 1.807) is 0 Å². The van der Waals surface area contributed by atoms with Crippen molar-refractivity contribution in [2.24, 2.45) is 0 Å². The molecular weight excluding hydrogens is 260 g/mol. The molecule has 0 aliphatic carbocycles. The van der Waals surface area contributed by atoms with E-state index in [2.05, 4.69) is 17.1 Å². The monoisotopic (exact) mass is 282 g/mol. The van der Waals surface area contributed by atoms with Crippen LogP contribution in [-0.2, 0) is 10.8 Å². The Morgan fingerprint density at radius 2 is 2.11 bits per heavy atom. The lowest BCUT2D eigenvalue weighted by Crippen LogP contribution is -2.37. The molecule has 1 atom stereocenters. The van der Waals surface area contributed by atoms with Crippen molar-refractivity contribution in [2.75, 3.05) is 36.0 Å². The van der Waals surface area contributed by atoms with Crippen LogP contribution in [0.2, 0.25) is 0 Å². The van der Waals surface area contributed by atoms with Crippen molar-refractivity contribution < 1.29 is 9.32 Å². The summed E-state index contributed by atoms with van der Waals surface area (Å²) in [6.45, 7) is 6.57. The molecule has 19 heavy (non-hydrogen) atoms. The highest BCUT2D eigenvalue weighted by molar-refractivity contribution is 7.85. The smallest absolute Gasteiger partial charge is 0.122 e. The van der Waals surface area contributed by atoms with Crippen LogP contribution in [0.5, 0.6) is 5.75 Å². The molecule has 1 aromatic carbocycles. The third-order valence-corrected chi connectivity index (χ3v) is 4.81. The standard InChI is InChI=1S/C14H22N2O2S/c1-3-15-11(2)13-5-4-12(10-14(13)17)16-6-8-19(18)9-7-16/h4-5,10-11,15,17H,3,6-9H2,1-2H3. The maximum absolute atomic E-state index is 11.3. The largest absolute Gasteiger partial charge is 0.508 e. The summed E-state index contributed by atoms with van der Waals surface area (Å²) in [6, 6.07) is 5.98. The minimum absolute atomic E-state index is 0.146. The highest BCUT2D eigenvalue weighted by Gasteiger charge is 2.17. The van der Waals surface area contributed by atoms with E-state index < -0.39 is 10.8 Å². The molecule has 1 aliphatic rings. The van der Waals surface area contributed by atoms with E-state index in [4.69, 9.17) is 0 Å². The Morgan fingerprint density at radius 3 is 2.68 bits per heavy atom. The van der Waals surface area contributed by atoms with Crippen LogP contribution in [0.3, 0.4) is 0 Å². The molecule has 0 radical (unpaired) electrons. The Bertz CT molecular complexity index is 455. The molecule has 0 spiro atoms. The van der Waals surface area contributed by atoms with Gasteiger partial charge < -0.3 is 15.3 Å². The van der Waals surface area contributed by atoms with Gasteiger partial charge in [0.2, 0.25) is 0 Å². The molecule has 1 unspecified atom stereocenters. The number of hydrogen-bond donors (Lipinski definition) is 2. The van der Waals surface area contributed by atoms with Gasteiger partial charge in [-0.15, -0.1) is 0 Å². The van der Waals surface area contributed by atoms with Crippen molar-refractivity contribution in [1.29, 1.82) is 0 Å². The second kappa shape index (κ2) is 6.39. The lowest BCUT2D eigenvalue weighted by Gasteiger charge is -2.29. The minimum Gasteiger partial charge on any atom is -0.508 e. The molecule has 0 bridgehead atoms. The van der Waals surface area contributed by atoms with Crippen molar-refractivity contribution in [1.82, 2.24) is 5.32 Å². The zero-order valence-electron chi connectivity index (χ0n) is 11.6. The predicted octanol–water partition coefficient (Wildman–Crippen LogP) is 1.63. The fraction of sp³-hybridized carbons (Fsp3) is 0.571. The van der Waals surface area contributed by atoms with Gasteiger partial charge in [-0.3, -0.25) is 4.21 Å². The van der Waals surface area contributed by atoms with Crippen molar-refractivity contribution >= 4 is 16.5 Å². The topological polar surface area (TPSA) is 52.6 Å². The highest BCUT2D eigenvalue weighted by atomic mass is 32.2. The number of rotatable bonds is 4. The zero-order chi connectivity index (χ0) is 13.8. The van der Waals surface area contributed by atoms with Gasteiger partial charge >= 0.3 is 0 Å². The fourth-order valence-electron chi connectivity index (χ4n) is 2.41. The third kappa shape index (κ3) is 3.48. The summed E-state index contributed by atoms with van der Waals surface area (Å²) < 4.78 is 11.3. The first-order valence-corrected chi connectivity index (χ1v) is 8.27. The van der Waals surface area contributed by atoms with Gasteiger partial charge in [-0.2, -0.15) is 0 Å². The van der Waals surface area contributed by atoms with E-state index in [1.165, 1.54) is 0 Å². The lowest BCUT2D eigenvalue weighted by molar-refractivity contribution is 0.454. The summed E-state index contributed by atoms with van der Waals surface area (Å²) in [4.78, 5) is 2.18. The number of nitrogens with zero attached hydrogens (tertiary/aromatic N) is 1. The summed E-state index contributed by atoms with van der Waals surface area (Å²) in [7, 11) is -0.669. The third-order valence-electron chi connectivity index (χ3n) is 3.53. The van der Waals surface area contributed by atoms with Crippen molar-refractivity contribution in [3.63, 3.8) is 0 Å². The van der Waals surface area contributed by atoms with Gasteiger partial charge in [-0.25, -0.2) is 0 Å². The molecule has 0 amide bonds. The van der Waals surface area contributed by atoms with Crippen molar-refractivity contribution in [3.05, 3.63) is 23.8 Å². The van der Waals surface area contributed by atoms with Gasteiger partial charge in [-0.1, -0.05) is 13.0 Å². The van der Waals surface area contributed by atoms with Crippen LogP contribution < -0.4 is 10.2 Å². The molecule has 1 saturated heterocycles. The van der Waals surface area contributed by atoms with Gasteiger partial charge in [0.25, 0.3) is 0 Å². The van der Waals surface area contributed by atoms with Crippen LogP contribution in [0.4, 0.5) is 5.69 Å². The molecular formula is C14H22N2O2S. The fourth-order valence-corrected chi connectivity index (χ4v) is 3.46. The van der Waals surface area contributed by atoms with Crippen LogP contribution in [-0.4, -0.2) is 40.5 Å². The summed E-state index contributed by atoms with van der Waals surface area (Å²) in [5.74, 6) is 1.77.